The number of piperidine rings is 1. The number of anilines is 1. The molecule has 1 aliphatic carbocycles. The Labute approximate surface area is 270 Å². The number of ether oxygens (including phenoxy) is 2. The molecule has 2 aliphatic heterocycles. The molecule has 12 nitrogen and oxygen atoms in total. The first kappa shape index (κ1) is 33.2. The van der Waals surface area contributed by atoms with E-state index in [0.29, 0.717) is 70.5 Å². The van der Waals surface area contributed by atoms with Crippen molar-refractivity contribution in [3.8, 4) is 11.4 Å². The maximum atomic E-state index is 13.8. The average Bonchev–Trinajstić information content (AvgIpc) is 3.57. The summed E-state index contributed by atoms with van der Waals surface area (Å²) in [5.74, 6) is 0.742. The van der Waals surface area contributed by atoms with Gasteiger partial charge in [-0.25, -0.2) is 14.8 Å². The predicted molar refractivity (Wildman–Crippen MR) is 172 cm³/mol. The fourth-order valence-corrected chi connectivity index (χ4v) is 6.38. The number of benzene rings is 1. The molecule has 2 saturated heterocycles. The van der Waals surface area contributed by atoms with E-state index in [1.165, 1.54) is 0 Å². The molecule has 0 radical (unpaired) electrons. The number of carbonyl (C=O) groups is 4. The van der Waals surface area contributed by atoms with E-state index in [0.717, 1.165) is 18.4 Å². The lowest BCUT2D eigenvalue weighted by Gasteiger charge is -2.36. The first-order valence-corrected chi connectivity index (χ1v) is 16.6. The number of nitrogens with zero attached hydrogens (tertiary/aromatic N) is 5. The second kappa shape index (κ2) is 14.9. The third-order valence-corrected chi connectivity index (χ3v) is 8.94. The van der Waals surface area contributed by atoms with Crippen LogP contribution in [0.1, 0.15) is 57.4 Å². The van der Waals surface area contributed by atoms with Crippen LogP contribution in [0, 0.1) is 23.7 Å². The molecule has 1 aromatic heterocycles. The molecular weight excluding hydrogens is 588 g/mol. The van der Waals surface area contributed by atoms with Crippen molar-refractivity contribution in [3.63, 3.8) is 0 Å². The van der Waals surface area contributed by atoms with E-state index in [2.05, 4.69) is 15.2 Å². The SMILES string of the molecule is CCCCOC(=O)N1CCN(C(=O)[C@H](CC(C)C)NC(=O)c2cc(N3C[C@@H]4[C@H](C3)[C@@H]4C(=O)OCC)nc(-c3ccccc3)n2)CC1. The van der Waals surface area contributed by atoms with Gasteiger partial charge in [0.05, 0.1) is 19.1 Å². The molecule has 4 atom stereocenters. The summed E-state index contributed by atoms with van der Waals surface area (Å²) in [6, 6.07) is 10.4. The Morgan fingerprint density at radius 1 is 0.935 bits per heavy atom. The molecular formula is C34H46N6O6. The Bertz CT molecular complexity index is 1380. The number of rotatable bonds is 12. The minimum atomic E-state index is -0.751. The molecule has 2 aromatic rings. The van der Waals surface area contributed by atoms with Crippen molar-refractivity contribution < 1.29 is 28.7 Å². The van der Waals surface area contributed by atoms with Gasteiger partial charge in [0.15, 0.2) is 5.82 Å². The van der Waals surface area contributed by atoms with Crippen LogP contribution >= 0.6 is 0 Å². The highest BCUT2D eigenvalue weighted by Crippen LogP contribution is 2.53. The summed E-state index contributed by atoms with van der Waals surface area (Å²) in [6.07, 6.45) is 1.86. The molecule has 1 saturated carbocycles. The van der Waals surface area contributed by atoms with E-state index in [4.69, 9.17) is 14.5 Å². The van der Waals surface area contributed by atoms with Gasteiger partial charge in [-0.2, -0.15) is 0 Å². The van der Waals surface area contributed by atoms with E-state index in [-0.39, 0.29) is 47.3 Å². The molecule has 12 heteroatoms. The number of nitrogens with one attached hydrogen (secondary N) is 1. The van der Waals surface area contributed by atoms with Gasteiger partial charge < -0.3 is 29.5 Å². The maximum absolute atomic E-state index is 13.8. The molecule has 0 spiro atoms. The van der Waals surface area contributed by atoms with Crippen LogP contribution in [-0.4, -0.2) is 102 Å². The van der Waals surface area contributed by atoms with Crippen molar-refractivity contribution in [2.45, 2.75) is 53.0 Å². The van der Waals surface area contributed by atoms with Crippen LogP contribution in [0.3, 0.4) is 0 Å². The molecule has 248 valence electrons. The minimum Gasteiger partial charge on any atom is -0.466 e. The lowest BCUT2D eigenvalue weighted by Crippen LogP contribution is -2.56. The van der Waals surface area contributed by atoms with Crippen LogP contribution in [0.15, 0.2) is 36.4 Å². The number of esters is 1. The minimum absolute atomic E-state index is 0.0780. The molecule has 3 amide bonds. The Morgan fingerprint density at radius 3 is 2.24 bits per heavy atom. The highest BCUT2D eigenvalue weighted by atomic mass is 16.6. The number of aromatic nitrogens is 2. The summed E-state index contributed by atoms with van der Waals surface area (Å²) in [5.41, 5.74) is 0.945. The van der Waals surface area contributed by atoms with Crippen LogP contribution in [-0.2, 0) is 19.1 Å². The van der Waals surface area contributed by atoms with E-state index < -0.39 is 11.9 Å². The van der Waals surface area contributed by atoms with Crippen molar-refractivity contribution in [2.24, 2.45) is 23.7 Å². The lowest BCUT2D eigenvalue weighted by atomic mass is 10.0. The van der Waals surface area contributed by atoms with Gasteiger partial charge in [0.2, 0.25) is 5.91 Å². The highest BCUT2D eigenvalue weighted by Gasteiger charge is 2.60. The van der Waals surface area contributed by atoms with E-state index in [9.17, 15) is 19.2 Å². The van der Waals surface area contributed by atoms with Crippen LogP contribution in [0.2, 0.25) is 0 Å². The summed E-state index contributed by atoms with van der Waals surface area (Å²) in [7, 11) is 0. The fourth-order valence-electron chi connectivity index (χ4n) is 6.38. The molecule has 1 N–H and O–H groups in total. The fraction of sp³-hybridized carbons (Fsp3) is 0.588. The monoisotopic (exact) mass is 634 g/mol. The molecule has 5 rings (SSSR count). The largest absolute Gasteiger partial charge is 0.466 e. The zero-order valence-electron chi connectivity index (χ0n) is 27.3. The van der Waals surface area contributed by atoms with Gasteiger partial charge in [-0.3, -0.25) is 14.4 Å². The van der Waals surface area contributed by atoms with Gasteiger partial charge in [-0.1, -0.05) is 57.5 Å². The summed E-state index contributed by atoms with van der Waals surface area (Å²) in [6.45, 7) is 11.4. The average molecular weight is 635 g/mol. The number of unbranched alkanes of at least 4 members (excludes halogenated alkanes) is 1. The van der Waals surface area contributed by atoms with E-state index in [1.54, 1.807) is 15.9 Å². The standard InChI is InChI=1S/C34H46N6O6/c1-5-7-17-46-34(44)39-15-13-38(14-16-39)32(42)27(18-22(3)4)36-31(41)26-19-28(37-30(35-26)23-11-9-8-10-12-23)40-20-24-25(21-40)29(24)33(43)45-6-2/h8-12,19,22,24-25,27,29H,5-7,13-18,20-21H2,1-4H3,(H,36,41)/t24-,25+,27-,29-/m0/s1. The predicted octanol–water partition coefficient (Wildman–Crippen LogP) is 3.61. The van der Waals surface area contributed by atoms with Crippen LogP contribution in [0.5, 0.6) is 0 Å². The summed E-state index contributed by atoms with van der Waals surface area (Å²) in [4.78, 5) is 67.1. The number of hydrogen-bond acceptors (Lipinski definition) is 9. The van der Waals surface area contributed by atoms with Gasteiger partial charge in [0.1, 0.15) is 17.6 Å². The van der Waals surface area contributed by atoms with Crippen molar-refractivity contribution in [1.29, 1.82) is 0 Å². The van der Waals surface area contributed by atoms with E-state index in [1.807, 2.05) is 58.0 Å². The summed E-state index contributed by atoms with van der Waals surface area (Å²) < 4.78 is 10.6. The summed E-state index contributed by atoms with van der Waals surface area (Å²) >= 11 is 0. The second-order valence-electron chi connectivity index (χ2n) is 12.7. The molecule has 3 aliphatic rings. The van der Waals surface area contributed by atoms with Crippen LogP contribution in [0.25, 0.3) is 11.4 Å². The molecule has 3 fully saturated rings. The zero-order chi connectivity index (χ0) is 32.8. The van der Waals surface area contributed by atoms with Gasteiger partial charge in [-0.15, -0.1) is 0 Å². The van der Waals surface area contributed by atoms with Crippen LogP contribution < -0.4 is 10.2 Å². The first-order chi connectivity index (χ1) is 22.2. The normalized spacial score (nSPS) is 21.1. The Morgan fingerprint density at radius 2 is 1.61 bits per heavy atom. The third kappa shape index (κ3) is 7.76. The van der Waals surface area contributed by atoms with Gasteiger partial charge in [-0.05, 0) is 37.5 Å². The van der Waals surface area contributed by atoms with Crippen molar-refractivity contribution in [3.05, 3.63) is 42.1 Å². The lowest BCUT2D eigenvalue weighted by molar-refractivity contribution is -0.145. The topological polar surface area (TPSA) is 134 Å². The Kier molecular flexibility index (Phi) is 10.7. The van der Waals surface area contributed by atoms with Crippen molar-refractivity contribution in [2.75, 3.05) is 57.4 Å². The highest BCUT2D eigenvalue weighted by molar-refractivity contribution is 5.97. The molecule has 0 unspecified atom stereocenters. The molecule has 46 heavy (non-hydrogen) atoms. The third-order valence-electron chi connectivity index (χ3n) is 8.94. The second-order valence-corrected chi connectivity index (χ2v) is 12.7. The Hall–Kier alpha value is -4.22. The van der Waals surface area contributed by atoms with Crippen molar-refractivity contribution >= 4 is 29.7 Å². The van der Waals surface area contributed by atoms with Crippen LogP contribution in [0.4, 0.5) is 10.6 Å². The number of hydrogen-bond donors (Lipinski definition) is 1. The maximum Gasteiger partial charge on any atom is 0.409 e. The first-order valence-electron chi connectivity index (χ1n) is 16.6. The van der Waals surface area contributed by atoms with Gasteiger partial charge in [0.25, 0.3) is 5.91 Å². The van der Waals surface area contributed by atoms with Gasteiger partial charge >= 0.3 is 12.1 Å². The number of piperazine rings is 1. The number of amides is 3. The Balaban J connectivity index is 1.29. The zero-order valence-corrected chi connectivity index (χ0v) is 27.3. The summed E-state index contributed by atoms with van der Waals surface area (Å²) in [5, 5.41) is 2.97. The quantitative estimate of drug-likeness (QED) is 0.275. The molecule has 0 bridgehead atoms. The number of carbonyl (C=O) groups excluding carboxylic acids is 4. The molecule has 3 heterocycles. The molecule has 1 aromatic carbocycles. The van der Waals surface area contributed by atoms with E-state index >= 15 is 0 Å². The van der Waals surface area contributed by atoms with Gasteiger partial charge in [0, 0.05) is 50.9 Å². The smallest absolute Gasteiger partial charge is 0.409 e. The van der Waals surface area contributed by atoms with Crippen molar-refractivity contribution in [1.82, 2.24) is 25.1 Å². The number of fused-ring (bicyclic) bond motifs is 1.